The molecule has 0 saturated carbocycles. The molecule has 1 atom stereocenters. The van der Waals surface area contributed by atoms with Gasteiger partial charge in [0.25, 0.3) is 5.91 Å². The summed E-state index contributed by atoms with van der Waals surface area (Å²) in [6.07, 6.45) is 5.10. The third-order valence-corrected chi connectivity index (χ3v) is 7.16. The average Bonchev–Trinajstić information content (AvgIpc) is 3.25. The highest BCUT2D eigenvalue weighted by Crippen LogP contribution is 2.29. The second kappa shape index (κ2) is 10.3. The Morgan fingerprint density at radius 3 is 2.53 bits per heavy atom. The molecule has 5 rings (SSSR count). The van der Waals surface area contributed by atoms with Gasteiger partial charge in [0.2, 0.25) is 5.91 Å². The van der Waals surface area contributed by atoms with Gasteiger partial charge >= 0.3 is 0 Å². The summed E-state index contributed by atoms with van der Waals surface area (Å²) in [7, 11) is 1.93. The highest BCUT2D eigenvalue weighted by Gasteiger charge is 2.43. The van der Waals surface area contributed by atoms with Crippen LogP contribution in [0.25, 0.3) is 10.9 Å². The number of aryl methyl sites for hydroxylation is 1. The quantitative estimate of drug-likeness (QED) is 0.521. The number of para-hydroxylation sites is 1. The molecule has 2 aliphatic heterocycles. The number of fused-ring (bicyclic) bond motifs is 1. The number of amides is 2. The van der Waals surface area contributed by atoms with Crippen LogP contribution in [0.15, 0.2) is 54.7 Å². The fraction of sp³-hybridized carbons (Fsp3) is 0.429. The predicted octanol–water partition coefficient (Wildman–Crippen LogP) is 4.01. The standard InChI is InChI=1S/C28H32FN3O4/c1-30-18-24(23-7-3-4-8-25(23)30)27(34)32-15-16-36-28(19-32,17-26(33)31-13-5-2-6-14-31)20-35-22-11-9-21(29)10-12-22/h3-4,7-12,18H,2,5-6,13-17,19-20H2,1H3. The summed E-state index contributed by atoms with van der Waals surface area (Å²) in [4.78, 5) is 30.6. The number of nitrogens with zero attached hydrogens (tertiary/aromatic N) is 3. The number of morpholine rings is 1. The summed E-state index contributed by atoms with van der Waals surface area (Å²) in [6, 6.07) is 13.6. The Morgan fingerprint density at radius 1 is 1.00 bits per heavy atom. The first-order valence-electron chi connectivity index (χ1n) is 12.6. The van der Waals surface area contributed by atoms with Crippen molar-refractivity contribution in [2.75, 3.05) is 39.4 Å². The van der Waals surface area contributed by atoms with Crippen LogP contribution in [0, 0.1) is 5.82 Å². The van der Waals surface area contributed by atoms with Gasteiger partial charge in [0.05, 0.1) is 25.1 Å². The molecule has 2 aliphatic rings. The van der Waals surface area contributed by atoms with Crippen molar-refractivity contribution >= 4 is 22.7 Å². The van der Waals surface area contributed by atoms with Gasteiger partial charge in [-0.05, 0) is 49.6 Å². The zero-order chi connectivity index (χ0) is 25.1. The number of rotatable bonds is 6. The molecule has 2 aromatic carbocycles. The van der Waals surface area contributed by atoms with Gasteiger partial charge in [0, 0.05) is 43.8 Å². The first-order chi connectivity index (χ1) is 17.4. The van der Waals surface area contributed by atoms with E-state index in [1.165, 1.54) is 12.1 Å². The Hall–Kier alpha value is -3.39. The minimum Gasteiger partial charge on any atom is -0.490 e. The molecule has 0 bridgehead atoms. The average molecular weight is 494 g/mol. The van der Waals surface area contributed by atoms with Crippen LogP contribution in [0.3, 0.4) is 0 Å². The van der Waals surface area contributed by atoms with Crippen LogP contribution in [-0.4, -0.2) is 71.2 Å². The summed E-state index contributed by atoms with van der Waals surface area (Å²) >= 11 is 0. The number of hydrogen-bond donors (Lipinski definition) is 0. The molecule has 0 aliphatic carbocycles. The number of piperidine rings is 1. The van der Waals surface area contributed by atoms with E-state index in [1.807, 2.05) is 47.0 Å². The summed E-state index contributed by atoms with van der Waals surface area (Å²) in [5, 5.41) is 0.897. The molecular formula is C28H32FN3O4. The smallest absolute Gasteiger partial charge is 0.256 e. The van der Waals surface area contributed by atoms with Crippen LogP contribution in [0.1, 0.15) is 36.0 Å². The summed E-state index contributed by atoms with van der Waals surface area (Å²) < 4.78 is 27.6. The van der Waals surface area contributed by atoms with Crippen molar-refractivity contribution in [2.45, 2.75) is 31.3 Å². The lowest BCUT2D eigenvalue weighted by atomic mass is 9.95. The van der Waals surface area contributed by atoms with E-state index in [9.17, 15) is 14.0 Å². The van der Waals surface area contributed by atoms with Gasteiger partial charge in [0.15, 0.2) is 0 Å². The van der Waals surface area contributed by atoms with Crippen LogP contribution >= 0.6 is 0 Å². The van der Waals surface area contributed by atoms with Crippen LogP contribution in [0.5, 0.6) is 5.75 Å². The maximum absolute atomic E-state index is 13.7. The maximum atomic E-state index is 13.7. The molecule has 3 aromatic rings. The van der Waals surface area contributed by atoms with E-state index in [-0.39, 0.29) is 37.2 Å². The molecule has 2 amide bonds. The lowest BCUT2D eigenvalue weighted by Crippen LogP contribution is -2.58. The largest absolute Gasteiger partial charge is 0.490 e. The number of carbonyl (C=O) groups excluding carboxylic acids is 2. The predicted molar refractivity (Wildman–Crippen MR) is 134 cm³/mol. The molecule has 1 unspecified atom stereocenters. The molecule has 8 heteroatoms. The fourth-order valence-corrected chi connectivity index (χ4v) is 5.22. The van der Waals surface area contributed by atoms with Crippen LogP contribution < -0.4 is 4.74 Å². The van der Waals surface area contributed by atoms with Crippen molar-refractivity contribution in [3.05, 3.63) is 66.1 Å². The number of ether oxygens (including phenoxy) is 2. The highest BCUT2D eigenvalue weighted by molar-refractivity contribution is 6.07. The molecule has 1 aromatic heterocycles. The number of hydrogen-bond acceptors (Lipinski definition) is 4. The van der Waals surface area contributed by atoms with Crippen molar-refractivity contribution in [3.8, 4) is 5.75 Å². The second-order valence-corrected chi connectivity index (χ2v) is 9.79. The summed E-state index contributed by atoms with van der Waals surface area (Å²) in [6.45, 7) is 2.53. The lowest BCUT2D eigenvalue weighted by Gasteiger charge is -2.43. The number of carbonyl (C=O) groups is 2. The fourth-order valence-electron chi connectivity index (χ4n) is 5.22. The van der Waals surface area contributed by atoms with Crippen molar-refractivity contribution in [2.24, 2.45) is 7.05 Å². The molecule has 3 heterocycles. The molecule has 36 heavy (non-hydrogen) atoms. The van der Waals surface area contributed by atoms with E-state index < -0.39 is 5.60 Å². The first kappa shape index (κ1) is 24.3. The van der Waals surface area contributed by atoms with Crippen LogP contribution in [0.4, 0.5) is 4.39 Å². The van der Waals surface area contributed by atoms with Gasteiger partial charge in [-0.15, -0.1) is 0 Å². The van der Waals surface area contributed by atoms with E-state index in [0.29, 0.717) is 24.5 Å². The van der Waals surface area contributed by atoms with Gasteiger partial charge < -0.3 is 23.8 Å². The minimum atomic E-state index is -0.999. The third-order valence-electron chi connectivity index (χ3n) is 7.16. The van der Waals surface area contributed by atoms with E-state index in [1.54, 1.807) is 17.0 Å². The number of likely N-dealkylation sites (tertiary alicyclic amines) is 1. The molecular weight excluding hydrogens is 461 g/mol. The molecule has 0 radical (unpaired) electrons. The van der Waals surface area contributed by atoms with Gasteiger partial charge in [-0.3, -0.25) is 9.59 Å². The van der Waals surface area contributed by atoms with E-state index in [2.05, 4.69) is 0 Å². The molecule has 2 fully saturated rings. The Balaban J connectivity index is 1.39. The topological polar surface area (TPSA) is 64.0 Å². The number of benzene rings is 2. The highest BCUT2D eigenvalue weighted by atomic mass is 19.1. The lowest BCUT2D eigenvalue weighted by molar-refractivity contribution is -0.153. The molecule has 2 saturated heterocycles. The second-order valence-electron chi connectivity index (χ2n) is 9.79. The maximum Gasteiger partial charge on any atom is 0.256 e. The minimum absolute atomic E-state index is 0.0110. The monoisotopic (exact) mass is 493 g/mol. The van der Waals surface area contributed by atoms with E-state index in [4.69, 9.17) is 9.47 Å². The van der Waals surface area contributed by atoms with E-state index in [0.717, 1.165) is 43.3 Å². The van der Waals surface area contributed by atoms with Crippen molar-refractivity contribution in [1.82, 2.24) is 14.4 Å². The molecule has 0 N–H and O–H groups in total. The van der Waals surface area contributed by atoms with Gasteiger partial charge in [0.1, 0.15) is 23.8 Å². The van der Waals surface area contributed by atoms with Gasteiger partial charge in [-0.2, -0.15) is 0 Å². The Morgan fingerprint density at radius 2 is 1.75 bits per heavy atom. The Bertz CT molecular complexity index is 1240. The van der Waals surface area contributed by atoms with Crippen molar-refractivity contribution in [3.63, 3.8) is 0 Å². The zero-order valence-electron chi connectivity index (χ0n) is 20.6. The molecule has 190 valence electrons. The SMILES string of the molecule is Cn1cc(C(=O)N2CCOC(COc3ccc(F)cc3)(CC(=O)N3CCCCC3)C2)c2ccccc21. The van der Waals surface area contributed by atoms with Gasteiger partial charge in [-0.25, -0.2) is 4.39 Å². The molecule has 0 spiro atoms. The zero-order valence-corrected chi connectivity index (χ0v) is 20.6. The summed E-state index contributed by atoms with van der Waals surface area (Å²) in [5.74, 6) is 0.0592. The third kappa shape index (κ3) is 5.09. The number of halogens is 1. The van der Waals surface area contributed by atoms with Crippen molar-refractivity contribution < 1.29 is 23.5 Å². The Kier molecular flexibility index (Phi) is 6.96. The van der Waals surface area contributed by atoms with Crippen LogP contribution in [-0.2, 0) is 16.6 Å². The normalized spacial score (nSPS) is 20.5. The van der Waals surface area contributed by atoms with Crippen molar-refractivity contribution in [1.29, 1.82) is 0 Å². The molecule has 7 nitrogen and oxygen atoms in total. The first-order valence-corrected chi connectivity index (χ1v) is 12.6. The summed E-state index contributed by atoms with van der Waals surface area (Å²) in [5.41, 5.74) is 0.618. The van der Waals surface area contributed by atoms with Crippen LogP contribution in [0.2, 0.25) is 0 Å². The van der Waals surface area contributed by atoms with E-state index >= 15 is 0 Å². The van der Waals surface area contributed by atoms with Gasteiger partial charge in [-0.1, -0.05) is 18.2 Å². The Labute approximate surface area is 210 Å². The number of aromatic nitrogens is 1.